The Labute approximate surface area is 151 Å². The lowest BCUT2D eigenvalue weighted by atomic mass is 9.93. The second-order valence-corrected chi connectivity index (χ2v) is 8.43. The van der Waals surface area contributed by atoms with Crippen LogP contribution in [-0.4, -0.2) is 39.2 Å². The van der Waals surface area contributed by atoms with E-state index in [1.807, 2.05) is 12.4 Å². The first kappa shape index (κ1) is 15.5. The molecule has 1 saturated carbocycles. The minimum atomic E-state index is 0.542. The van der Waals surface area contributed by atoms with Crippen LogP contribution >= 0.6 is 11.3 Å². The van der Waals surface area contributed by atoms with Crippen LogP contribution < -0.4 is 5.32 Å². The zero-order valence-electron chi connectivity index (χ0n) is 14.2. The molecule has 0 amide bonds. The van der Waals surface area contributed by atoms with Crippen LogP contribution in [0, 0.1) is 5.41 Å². The van der Waals surface area contributed by atoms with Gasteiger partial charge in [0.15, 0.2) is 0 Å². The third-order valence-corrected chi connectivity index (χ3v) is 6.66. The van der Waals surface area contributed by atoms with Crippen LogP contribution in [0.1, 0.15) is 29.8 Å². The maximum Gasteiger partial charge on any atom is 0.107 e. The molecule has 25 heavy (non-hydrogen) atoms. The number of H-pyrrole nitrogens is 1. The second-order valence-electron chi connectivity index (χ2n) is 7.45. The van der Waals surface area contributed by atoms with Gasteiger partial charge in [-0.15, -0.1) is 11.3 Å². The van der Waals surface area contributed by atoms with E-state index >= 15 is 0 Å². The molecule has 1 aliphatic heterocycles. The van der Waals surface area contributed by atoms with E-state index < -0.39 is 0 Å². The number of nitrogens with zero attached hydrogens (tertiary/aromatic N) is 3. The molecule has 6 heteroatoms. The van der Waals surface area contributed by atoms with Gasteiger partial charge in [-0.2, -0.15) is 5.10 Å². The van der Waals surface area contributed by atoms with Crippen molar-refractivity contribution in [1.29, 1.82) is 0 Å². The molecule has 0 unspecified atom stereocenters. The zero-order valence-corrected chi connectivity index (χ0v) is 15.1. The van der Waals surface area contributed by atoms with Gasteiger partial charge in [0, 0.05) is 29.5 Å². The molecule has 3 aromatic rings. The van der Waals surface area contributed by atoms with E-state index in [1.54, 1.807) is 11.3 Å². The summed E-state index contributed by atoms with van der Waals surface area (Å²) in [6.07, 6.45) is 7.77. The maximum atomic E-state index is 4.53. The van der Waals surface area contributed by atoms with Crippen molar-refractivity contribution >= 4 is 22.2 Å². The molecule has 0 bridgehead atoms. The number of nitrogens with one attached hydrogen (secondary N) is 2. The van der Waals surface area contributed by atoms with E-state index in [9.17, 15) is 0 Å². The summed E-state index contributed by atoms with van der Waals surface area (Å²) in [4.78, 5) is 7.19. The number of fused-ring (bicyclic) bond motifs is 1. The van der Waals surface area contributed by atoms with Crippen molar-refractivity contribution in [3.05, 3.63) is 46.5 Å². The van der Waals surface area contributed by atoms with Gasteiger partial charge in [0.05, 0.1) is 18.3 Å². The van der Waals surface area contributed by atoms with Crippen LogP contribution in [0.15, 0.2) is 36.0 Å². The van der Waals surface area contributed by atoms with Crippen LogP contribution in [0.5, 0.6) is 0 Å². The fourth-order valence-corrected chi connectivity index (χ4v) is 5.04. The second kappa shape index (κ2) is 6.20. The molecule has 1 atom stereocenters. The van der Waals surface area contributed by atoms with E-state index in [1.165, 1.54) is 48.3 Å². The highest BCUT2D eigenvalue weighted by Gasteiger charge is 2.56. The van der Waals surface area contributed by atoms with Crippen LogP contribution in [0.3, 0.4) is 0 Å². The zero-order chi connectivity index (χ0) is 16.7. The van der Waals surface area contributed by atoms with Gasteiger partial charge in [-0.1, -0.05) is 12.1 Å². The van der Waals surface area contributed by atoms with Crippen molar-refractivity contribution in [3.63, 3.8) is 0 Å². The Balaban J connectivity index is 1.39. The van der Waals surface area contributed by atoms with Crippen molar-refractivity contribution < 1.29 is 0 Å². The molecule has 1 saturated heterocycles. The van der Waals surface area contributed by atoms with E-state index in [2.05, 4.69) is 49.0 Å². The van der Waals surface area contributed by atoms with Crippen molar-refractivity contribution in [2.24, 2.45) is 5.41 Å². The third-order valence-electron chi connectivity index (χ3n) is 5.90. The Hall–Kier alpha value is -1.76. The first-order chi connectivity index (χ1) is 12.3. The van der Waals surface area contributed by atoms with Gasteiger partial charge >= 0.3 is 0 Å². The normalized spacial score (nSPS) is 22.0. The SMILES string of the molecule is c1csc(CN(Cc2ccc3cn[nH]c3c2)[C@@H]2CC23CCNCC3)n1. The molecular weight excluding hydrogens is 330 g/mol. The summed E-state index contributed by atoms with van der Waals surface area (Å²) in [6, 6.07) is 7.35. The van der Waals surface area contributed by atoms with E-state index in [-0.39, 0.29) is 0 Å². The minimum Gasteiger partial charge on any atom is -0.317 e. The number of thiazole rings is 1. The van der Waals surface area contributed by atoms with Crippen LogP contribution in [0.25, 0.3) is 10.9 Å². The third kappa shape index (κ3) is 2.99. The molecule has 2 fully saturated rings. The summed E-state index contributed by atoms with van der Waals surface area (Å²) >= 11 is 1.76. The van der Waals surface area contributed by atoms with Gasteiger partial charge in [0.1, 0.15) is 5.01 Å². The van der Waals surface area contributed by atoms with Crippen molar-refractivity contribution in [2.75, 3.05) is 13.1 Å². The Bertz CT molecular complexity index is 850. The first-order valence-corrected chi connectivity index (χ1v) is 9.96. The smallest absolute Gasteiger partial charge is 0.107 e. The predicted octanol–water partition coefficient (Wildman–Crippen LogP) is 3.16. The van der Waals surface area contributed by atoms with Gasteiger partial charge in [-0.05, 0) is 49.4 Å². The monoisotopic (exact) mass is 353 g/mol. The van der Waals surface area contributed by atoms with E-state index in [4.69, 9.17) is 0 Å². The van der Waals surface area contributed by atoms with Gasteiger partial charge in [-0.25, -0.2) is 4.98 Å². The average molecular weight is 353 g/mol. The number of hydrogen-bond donors (Lipinski definition) is 2. The summed E-state index contributed by atoms with van der Waals surface area (Å²) in [7, 11) is 0. The topological polar surface area (TPSA) is 56.8 Å². The Morgan fingerprint density at radius 3 is 3.00 bits per heavy atom. The number of rotatable bonds is 5. The summed E-state index contributed by atoms with van der Waals surface area (Å²) in [5.74, 6) is 0. The lowest BCUT2D eigenvalue weighted by Gasteiger charge is -2.29. The Kier molecular flexibility index (Phi) is 3.84. The number of hydrogen-bond acceptors (Lipinski definition) is 5. The molecule has 5 nitrogen and oxygen atoms in total. The van der Waals surface area contributed by atoms with Crippen LogP contribution in [-0.2, 0) is 13.1 Å². The molecule has 1 spiro atoms. The number of aromatic amines is 1. The fraction of sp³-hybridized carbons (Fsp3) is 0.474. The molecule has 5 rings (SSSR count). The van der Waals surface area contributed by atoms with Crippen LogP contribution in [0.2, 0.25) is 0 Å². The molecule has 3 heterocycles. The highest BCUT2D eigenvalue weighted by Crippen LogP contribution is 2.56. The lowest BCUT2D eigenvalue weighted by molar-refractivity contribution is 0.188. The van der Waals surface area contributed by atoms with Gasteiger partial charge in [0.25, 0.3) is 0 Å². The quantitative estimate of drug-likeness (QED) is 0.740. The summed E-state index contributed by atoms with van der Waals surface area (Å²) in [5, 5.41) is 15.2. The summed E-state index contributed by atoms with van der Waals surface area (Å²) < 4.78 is 0. The molecule has 2 N–H and O–H groups in total. The molecular formula is C19H23N5S. The molecule has 0 radical (unpaired) electrons. The maximum absolute atomic E-state index is 4.53. The molecule has 2 aliphatic rings. The Morgan fingerprint density at radius 1 is 1.24 bits per heavy atom. The standard InChI is InChI=1S/C19H23N5S/c1-2-15-11-22-23-16(15)9-14(1)12-24(13-18-21-7-8-25-18)17-10-19(17)3-5-20-6-4-19/h1-2,7-9,11,17,20H,3-6,10,12-13H2,(H,22,23)/t17-/m1/s1. The predicted molar refractivity (Wildman–Crippen MR) is 100 cm³/mol. The molecule has 1 aliphatic carbocycles. The number of aromatic nitrogens is 3. The first-order valence-electron chi connectivity index (χ1n) is 9.08. The largest absolute Gasteiger partial charge is 0.317 e. The number of benzene rings is 1. The van der Waals surface area contributed by atoms with Gasteiger partial charge < -0.3 is 5.32 Å². The van der Waals surface area contributed by atoms with Crippen LogP contribution in [0.4, 0.5) is 0 Å². The molecule has 130 valence electrons. The van der Waals surface area contributed by atoms with Gasteiger partial charge in [0.2, 0.25) is 0 Å². The van der Waals surface area contributed by atoms with E-state index in [0.29, 0.717) is 11.5 Å². The molecule has 1 aromatic carbocycles. The van der Waals surface area contributed by atoms with E-state index in [0.717, 1.165) is 18.6 Å². The van der Waals surface area contributed by atoms with Gasteiger partial charge in [-0.3, -0.25) is 10.00 Å². The highest BCUT2D eigenvalue weighted by molar-refractivity contribution is 7.09. The highest BCUT2D eigenvalue weighted by atomic mass is 32.1. The summed E-state index contributed by atoms with van der Waals surface area (Å²) in [5.41, 5.74) is 3.02. The van der Waals surface area contributed by atoms with Crippen molar-refractivity contribution in [1.82, 2.24) is 25.4 Å². The average Bonchev–Trinajstić information content (AvgIpc) is 3.01. The van der Waals surface area contributed by atoms with Crippen molar-refractivity contribution in [2.45, 2.75) is 38.4 Å². The lowest BCUT2D eigenvalue weighted by Crippen LogP contribution is -2.35. The molecule has 2 aromatic heterocycles. The Morgan fingerprint density at radius 2 is 2.16 bits per heavy atom. The minimum absolute atomic E-state index is 0.542. The summed E-state index contributed by atoms with van der Waals surface area (Å²) in [6.45, 7) is 4.27. The number of piperidine rings is 1. The van der Waals surface area contributed by atoms with Crippen molar-refractivity contribution in [3.8, 4) is 0 Å². The fourth-order valence-electron chi connectivity index (χ4n) is 4.40.